The zero-order chi connectivity index (χ0) is 13.3. The number of esters is 1. The molecule has 0 spiro atoms. The van der Waals surface area contributed by atoms with Crippen molar-refractivity contribution in [2.45, 2.75) is 51.6 Å². The molecule has 1 unspecified atom stereocenters. The maximum Gasteiger partial charge on any atom is 0.323 e. The quantitative estimate of drug-likeness (QED) is 0.515. The van der Waals surface area contributed by atoms with Gasteiger partial charge in [-0.05, 0) is 19.8 Å². The highest BCUT2D eigenvalue weighted by atomic mass is 16.5. The Hall–Kier alpha value is -0.650. The first-order valence-electron chi connectivity index (χ1n) is 6.25. The Balaban J connectivity index is 4.65. The molecule has 0 aliphatic carbocycles. The number of ether oxygens (including phenoxy) is 1. The largest absolute Gasteiger partial charge is 0.465 e. The van der Waals surface area contributed by atoms with Crippen molar-refractivity contribution in [3.8, 4) is 0 Å². The lowest BCUT2D eigenvalue weighted by atomic mass is 9.96. The molecule has 0 rings (SSSR count). The highest BCUT2D eigenvalue weighted by molar-refractivity contribution is 5.75. The van der Waals surface area contributed by atoms with Gasteiger partial charge in [0, 0.05) is 0 Å². The monoisotopic (exact) mass is 247 g/mol. The number of hydrogen-bond acceptors (Lipinski definition) is 5. The van der Waals surface area contributed by atoms with Crippen LogP contribution in [0, 0.1) is 0 Å². The number of aliphatic hydroxyl groups excluding tert-OH is 2. The number of carbonyl (C=O) groups is 1. The van der Waals surface area contributed by atoms with Crippen LogP contribution in [0.4, 0.5) is 0 Å². The Morgan fingerprint density at radius 1 is 1.29 bits per heavy atom. The minimum atomic E-state index is -0.813. The van der Waals surface area contributed by atoms with Crippen LogP contribution in [0.3, 0.4) is 0 Å². The van der Waals surface area contributed by atoms with E-state index in [1.807, 2.05) is 13.8 Å². The van der Waals surface area contributed by atoms with Crippen molar-refractivity contribution in [3.05, 3.63) is 0 Å². The highest BCUT2D eigenvalue weighted by Gasteiger charge is 2.32. The van der Waals surface area contributed by atoms with Crippen LogP contribution in [0.5, 0.6) is 0 Å². The Bertz CT molecular complexity index is 208. The van der Waals surface area contributed by atoms with E-state index in [4.69, 9.17) is 4.74 Å². The minimum Gasteiger partial charge on any atom is -0.465 e. The zero-order valence-corrected chi connectivity index (χ0v) is 11.0. The average molecular weight is 247 g/mol. The molecule has 5 nitrogen and oxygen atoms in total. The Labute approximate surface area is 103 Å². The van der Waals surface area contributed by atoms with Gasteiger partial charge in [-0.1, -0.05) is 20.3 Å². The van der Waals surface area contributed by atoms with Crippen molar-refractivity contribution in [3.63, 3.8) is 0 Å². The molecule has 0 aromatic carbocycles. The molecule has 0 radical (unpaired) electrons. The predicted octanol–water partition coefficient (Wildman–Crippen LogP) is 0.441. The van der Waals surface area contributed by atoms with Crippen LogP contribution in [0.1, 0.15) is 40.0 Å². The van der Waals surface area contributed by atoms with E-state index in [0.29, 0.717) is 19.4 Å². The van der Waals surface area contributed by atoms with Crippen LogP contribution >= 0.6 is 0 Å². The summed E-state index contributed by atoms with van der Waals surface area (Å²) in [5.74, 6) is -0.325. The molecule has 0 aromatic heterocycles. The molecule has 0 amide bonds. The summed E-state index contributed by atoms with van der Waals surface area (Å²) >= 11 is 0. The second-order valence-corrected chi connectivity index (χ2v) is 4.19. The summed E-state index contributed by atoms with van der Waals surface area (Å²) in [6.07, 6.45) is 1.99. The molecule has 5 heteroatoms. The number of hydrogen-bond donors (Lipinski definition) is 3. The van der Waals surface area contributed by atoms with E-state index in [2.05, 4.69) is 5.32 Å². The summed E-state index contributed by atoms with van der Waals surface area (Å²) in [6, 6.07) is -0.473. The van der Waals surface area contributed by atoms with Gasteiger partial charge < -0.3 is 14.9 Å². The third-order valence-electron chi connectivity index (χ3n) is 2.91. The summed E-state index contributed by atoms with van der Waals surface area (Å²) in [7, 11) is 0. The maximum absolute atomic E-state index is 11.7. The predicted molar refractivity (Wildman–Crippen MR) is 65.7 cm³/mol. The average Bonchev–Trinajstić information content (AvgIpc) is 2.35. The fraction of sp³-hybridized carbons (Fsp3) is 0.917. The van der Waals surface area contributed by atoms with E-state index in [0.717, 1.165) is 6.42 Å². The van der Waals surface area contributed by atoms with Crippen LogP contribution in [0.2, 0.25) is 0 Å². The molecular weight excluding hydrogens is 222 g/mol. The summed E-state index contributed by atoms with van der Waals surface area (Å²) in [5, 5.41) is 21.7. The van der Waals surface area contributed by atoms with Gasteiger partial charge in [-0.25, -0.2) is 0 Å². The first kappa shape index (κ1) is 16.4. The zero-order valence-electron chi connectivity index (χ0n) is 11.0. The van der Waals surface area contributed by atoms with Gasteiger partial charge >= 0.3 is 5.97 Å². The second kappa shape index (κ2) is 8.44. The van der Waals surface area contributed by atoms with Crippen LogP contribution in [0.15, 0.2) is 0 Å². The molecule has 17 heavy (non-hydrogen) atoms. The van der Waals surface area contributed by atoms with Crippen LogP contribution in [-0.4, -0.2) is 47.6 Å². The van der Waals surface area contributed by atoms with Crippen molar-refractivity contribution in [2.24, 2.45) is 0 Å². The van der Waals surface area contributed by atoms with Gasteiger partial charge in [0.1, 0.15) is 6.04 Å². The number of rotatable bonds is 9. The first-order chi connectivity index (χ1) is 8.09. The summed E-state index contributed by atoms with van der Waals surface area (Å²) in [4.78, 5) is 11.7. The lowest BCUT2D eigenvalue weighted by Crippen LogP contribution is -2.57. The van der Waals surface area contributed by atoms with Crippen LogP contribution in [-0.2, 0) is 9.53 Å². The Morgan fingerprint density at radius 2 is 1.88 bits per heavy atom. The molecule has 0 saturated carbocycles. The van der Waals surface area contributed by atoms with Gasteiger partial charge in [0.2, 0.25) is 0 Å². The molecule has 0 fully saturated rings. The molecule has 0 heterocycles. The summed E-state index contributed by atoms with van der Waals surface area (Å²) in [6.45, 7) is 5.50. The van der Waals surface area contributed by atoms with Crippen molar-refractivity contribution in [1.82, 2.24) is 5.32 Å². The third-order valence-corrected chi connectivity index (χ3v) is 2.91. The van der Waals surface area contributed by atoms with Gasteiger partial charge in [-0.3, -0.25) is 10.1 Å². The van der Waals surface area contributed by atoms with E-state index < -0.39 is 11.6 Å². The summed E-state index contributed by atoms with van der Waals surface area (Å²) in [5.41, 5.74) is -0.813. The number of aliphatic hydroxyl groups is 2. The van der Waals surface area contributed by atoms with E-state index in [-0.39, 0.29) is 19.2 Å². The molecule has 1 atom stereocenters. The fourth-order valence-corrected chi connectivity index (χ4v) is 1.62. The Kier molecular flexibility index (Phi) is 8.12. The lowest BCUT2D eigenvalue weighted by Gasteiger charge is -2.33. The van der Waals surface area contributed by atoms with Crippen LogP contribution < -0.4 is 5.32 Å². The number of nitrogens with one attached hydrogen (secondary N) is 1. The fourth-order valence-electron chi connectivity index (χ4n) is 1.62. The number of carbonyl (C=O) groups excluding carboxylic acids is 1. The smallest absolute Gasteiger partial charge is 0.323 e. The highest BCUT2D eigenvalue weighted by Crippen LogP contribution is 2.12. The first-order valence-corrected chi connectivity index (χ1v) is 6.25. The van der Waals surface area contributed by atoms with Gasteiger partial charge in [-0.2, -0.15) is 0 Å². The standard InChI is InChI=1S/C12H25NO4/c1-4-7-10(11(16)17-6-3)13-12(5-2,8-14)9-15/h10,13-15H,4-9H2,1-3H3. The lowest BCUT2D eigenvalue weighted by molar-refractivity contribution is -0.147. The van der Waals surface area contributed by atoms with E-state index in [1.165, 1.54) is 0 Å². The molecule has 0 bridgehead atoms. The third kappa shape index (κ3) is 5.02. The van der Waals surface area contributed by atoms with Gasteiger partial charge in [0.15, 0.2) is 0 Å². The van der Waals surface area contributed by atoms with Crippen molar-refractivity contribution >= 4 is 5.97 Å². The molecule has 0 aliphatic rings. The van der Waals surface area contributed by atoms with Gasteiger partial charge in [0.25, 0.3) is 0 Å². The topological polar surface area (TPSA) is 78.8 Å². The van der Waals surface area contributed by atoms with E-state index >= 15 is 0 Å². The molecule has 0 aliphatic heterocycles. The van der Waals surface area contributed by atoms with Crippen molar-refractivity contribution in [1.29, 1.82) is 0 Å². The SMILES string of the molecule is CCCC(NC(CC)(CO)CO)C(=O)OCC. The van der Waals surface area contributed by atoms with Gasteiger partial charge in [-0.15, -0.1) is 0 Å². The van der Waals surface area contributed by atoms with Crippen molar-refractivity contribution in [2.75, 3.05) is 19.8 Å². The van der Waals surface area contributed by atoms with Crippen molar-refractivity contribution < 1.29 is 19.7 Å². The van der Waals surface area contributed by atoms with Crippen LogP contribution in [0.25, 0.3) is 0 Å². The maximum atomic E-state index is 11.7. The van der Waals surface area contributed by atoms with E-state index in [1.54, 1.807) is 6.92 Å². The molecule has 0 aromatic rings. The minimum absolute atomic E-state index is 0.209. The Morgan fingerprint density at radius 3 is 2.24 bits per heavy atom. The normalized spacial score (nSPS) is 13.5. The molecule has 102 valence electrons. The van der Waals surface area contributed by atoms with E-state index in [9.17, 15) is 15.0 Å². The molecule has 3 N–H and O–H groups in total. The van der Waals surface area contributed by atoms with Gasteiger partial charge in [0.05, 0.1) is 25.4 Å². The molecule has 0 saturated heterocycles. The summed E-state index contributed by atoms with van der Waals surface area (Å²) < 4.78 is 4.97. The molecular formula is C12H25NO4. The second-order valence-electron chi connectivity index (χ2n) is 4.19.